The number of hydrogen-bond donors (Lipinski definition) is 4. The number of ether oxygens (including phenoxy) is 1. The Morgan fingerprint density at radius 2 is 1.71 bits per heavy atom. The summed E-state index contributed by atoms with van der Waals surface area (Å²) in [5.41, 5.74) is -0.240. The summed E-state index contributed by atoms with van der Waals surface area (Å²) in [6.07, 6.45) is -1.96. The minimum Gasteiger partial charge on any atom is -0.481 e. The number of carboxylic acids is 2. The zero-order chi connectivity index (χ0) is 23.6. The highest BCUT2D eigenvalue weighted by Gasteiger charge is 2.33. The molecule has 0 aliphatic carbocycles. The molecule has 11 nitrogen and oxygen atoms in total. The van der Waals surface area contributed by atoms with Crippen molar-refractivity contribution in [3.8, 4) is 0 Å². The Hall–Kier alpha value is -3.18. The van der Waals surface area contributed by atoms with Crippen LogP contribution in [0.1, 0.15) is 39.2 Å². The third-order valence-electron chi connectivity index (χ3n) is 3.85. The van der Waals surface area contributed by atoms with Crippen molar-refractivity contribution in [2.45, 2.75) is 57.8 Å². The number of carbonyl (C=O) groups is 4. The smallest absolute Gasteiger partial charge is 0.481 e. The standard InChI is InChI=1S/C20H28N2O9/c1-20(2,3)30-19(29)31-22(11-13-7-5-4-6-8-13)15(12-23)17(26)21-14(18(27)28)9-10-16(24)25/h4-8,14-15,23H,9-12H2,1-3H3,(H,21,26)(H,24,25)(H,27,28)/t14-,15-/m1/s1. The van der Waals surface area contributed by atoms with E-state index in [0.717, 1.165) is 5.06 Å². The van der Waals surface area contributed by atoms with Crippen LogP contribution in [0.4, 0.5) is 4.79 Å². The number of aliphatic hydroxyl groups is 1. The van der Waals surface area contributed by atoms with E-state index in [-0.39, 0.29) is 13.0 Å². The number of aliphatic hydroxyl groups excluding tert-OH is 1. The van der Waals surface area contributed by atoms with Gasteiger partial charge in [-0.3, -0.25) is 9.59 Å². The first kappa shape index (κ1) is 25.9. The van der Waals surface area contributed by atoms with Crippen molar-refractivity contribution in [3.63, 3.8) is 0 Å². The summed E-state index contributed by atoms with van der Waals surface area (Å²) in [6.45, 7) is 3.93. The molecule has 1 aromatic rings. The van der Waals surface area contributed by atoms with Crippen LogP contribution in [0.2, 0.25) is 0 Å². The van der Waals surface area contributed by atoms with Crippen LogP contribution in [-0.4, -0.2) is 68.7 Å². The zero-order valence-electron chi connectivity index (χ0n) is 17.6. The van der Waals surface area contributed by atoms with E-state index < -0.39 is 54.7 Å². The number of carboxylic acid groups (broad SMARTS) is 2. The monoisotopic (exact) mass is 440 g/mol. The van der Waals surface area contributed by atoms with Gasteiger partial charge in [0.2, 0.25) is 5.91 Å². The predicted octanol–water partition coefficient (Wildman–Crippen LogP) is 1.15. The van der Waals surface area contributed by atoms with Crippen molar-refractivity contribution < 1.29 is 44.1 Å². The lowest BCUT2D eigenvalue weighted by atomic mass is 10.1. The van der Waals surface area contributed by atoms with Crippen LogP contribution in [0.15, 0.2) is 30.3 Å². The zero-order valence-corrected chi connectivity index (χ0v) is 17.6. The molecular weight excluding hydrogens is 412 g/mol. The van der Waals surface area contributed by atoms with Gasteiger partial charge < -0.3 is 30.2 Å². The molecule has 11 heteroatoms. The lowest BCUT2D eigenvalue weighted by Gasteiger charge is -2.29. The SMILES string of the molecule is CC(C)(C)OC(=O)ON(Cc1ccccc1)[C@H](CO)C(=O)N[C@H](CCC(=O)O)C(=O)O. The van der Waals surface area contributed by atoms with E-state index in [2.05, 4.69) is 5.32 Å². The van der Waals surface area contributed by atoms with Gasteiger partial charge in [-0.05, 0) is 32.8 Å². The largest absolute Gasteiger partial charge is 0.528 e. The minimum atomic E-state index is -1.50. The number of aliphatic carboxylic acids is 2. The summed E-state index contributed by atoms with van der Waals surface area (Å²) in [5, 5.41) is 30.8. The summed E-state index contributed by atoms with van der Waals surface area (Å²) in [5.74, 6) is -3.62. The van der Waals surface area contributed by atoms with Crippen LogP contribution in [-0.2, 0) is 30.5 Å². The van der Waals surface area contributed by atoms with Gasteiger partial charge in [0.05, 0.1) is 13.2 Å². The van der Waals surface area contributed by atoms with Crippen LogP contribution in [0.3, 0.4) is 0 Å². The Balaban J connectivity index is 3.04. The predicted molar refractivity (Wildman–Crippen MR) is 107 cm³/mol. The number of hydroxylamine groups is 2. The van der Waals surface area contributed by atoms with Gasteiger partial charge in [0.15, 0.2) is 0 Å². The van der Waals surface area contributed by atoms with E-state index in [4.69, 9.17) is 14.7 Å². The number of carbonyl (C=O) groups excluding carboxylic acids is 2. The van der Waals surface area contributed by atoms with Crippen molar-refractivity contribution >= 4 is 24.0 Å². The fourth-order valence-electron chi connectivity index (χ4n) is 2.43. The maximum Gasteiger partial charge on any atom is 0.528 e. The average molecular weight is 440 g/mol. The minimum absolute atomic E-state index is 0.106. The topological polar surface area (TPSA) is 163 Å². The number of amides is 1. The fraction of sp³-hybridized carbons (Fsp3) is 0.500. The van der Waals surface area contributed by atoms with Crippen molar-refractivity contribution in [2.75, 3.05) is 6.61 Å². The third-order valence-corrected chi connectivity index (χ3v) is 3.85. The Morgan fingerprint density at radius 1 is 1.10 bits per heavy atom. The van der Waals surface area contributed by atoms with Gasteiger partial charge in [0.25, 0.3) is 0 Å². The third kappa shape index (κ3) is 9.92. The summed E-state index contributed by atoms with van der Waals surface area (Å²) in [7, 11) is 0. The first-order chi connectivity index (χ1) is 14.4. The molecule has 4 N–H and O–H groups in total. The second-order valence-electron chi connectivity index (χ2n) is 7.65. The first-order valence-electron chi connectivity index (χ1n) is 9.50. The van der Waals surface area contributed by atoms with Crippen LogP contribution >= 0.6 is 0 Å². The Kier molecular flexibility index (Phi) is 9.90. The van der Waals surface area contributed by atoms with Crippen molar-refractivity contribution in [1.82, 2.24) is 10.4 Å². The van der Waals surface area contributed by atoms with Gasteiger partial charge in [0.1, 0.15) is 17.7 Å². The highest BCUT2D eigenvalue weighted by molar-refractivity contribution is 5.87. The van der Waals surface area contributed by atoms with Gasteiger partial charge in [-0.1, -0.05) is 30.3 Å². The molecule has 1 aromatic carbocycles. The molecule has 0 saturated carbocycles. The first-order valence-corrected chi connectivity index (χ1v) is 9.50. The lowest BCUT2D eigenvalue weighted by molar-refractivity contribution is -0.185. The van der Waals surface area contributed by atoms with Gasteiger partial charge in [-0.15, -0.1) is 5.06 Å². The molecular formula is C20H28N2O9. The maximum absolute atomic E-state index is 12.7. The Bertz CT molecular complexity index is 762. The van der Waals surface area contributed by atoms with Crippen LogP contribution in [0.5, 0.6) is 0 Å². The van der Waals surface area contributed by atoms with Gasteiger partial charge in [0, 0.05) is 6.42 Å². The molecule has 0 aliphatic rings. The fourth-order valence-corrected chi connectivity index (χ4v) is 2.43. The molecule has 2 atom stereocenters. The number of benzene rings is 1. The van der Waals surface area contributed by atoms with Crippen LogP contribution < -0.4 is 5.32 Å². The van der Waals surface area contributed by atoms with Gasteiger partial charge >= 0.3 is 18.1 Å². The number of nitrogens with zero attached hydrogens (tertiary/aromatic N) is 1. The van der Waals surface area contributed by atoms with E-state index in [1.165, 1.54) is 0 Å². The Labute approximate surface area is 179 Å². The lowest BCUT2D eigenvalue weighted by Crippen LogP contribution is -2.53. The van der Waals surface area contributed by atoms with E-state index in [9.17, 15) is 29.4 Å². The van der Waals surface area contributed by atoms with E-state index in [1.807, 2.05) is 0 Å². The molecule has 31 heavy (non-hydrogen) atoms. The van der Waals surface area contributed by atoms with E-state index in [1.54, 1.807) is 51.1 Å². The van der Waals surface area contributed by atoms with Crippen LogP contribution in [0.25, 0.3) is 0 Å². The molecule has 0 aliphatic heterocycles. The molecule has 172 valence electrons. The molecule has 0 aromatic heterocycles. The normalized spacial score (nSPS) is 13.2. The van der Waals surface area contributed by atoms with Crippen molar-refractivity contribution in [3.05, 3.63) is 35.9 Å². The molecule has 0 saturated heterocycles. The molecule has 1 rings (SSSR count). The molecule has 0 heterocycles. The van der Waals surface area contributed by atoms with Gasteiger partial charge in [-0.2, -0.15) is 0 Å². The second-order valence-corrected chi connectivity index (χ2v) is 7.65. The van der Waals surface area contributed by atoms with Crippen molar-refractivity contribution in [2.24, 2.45) is 0 Å². The summed E-state index contributed by atoms with van der Waals surface area (Å²) < 4.78 is 5.09. The van der Waals surface area contributed by atoms with Crippen LogP contribution in [0, 0.1) is 0 Å². The highest BCUT2D eigenvalue weighted by Crippen LogP contribution is 2.14. The summed E-state index contributed by atoms with van der Waals surface area (Å²) >= 11 is 0. The summed E-state index contributed by atoms with van der Waals surface area (Å²) in [4.78, 5) is 52.1. The maximum atomic E-state index is 12.7. The Morgan fingerprint density at radius 3 is 2.19 bits per heavy atom. The number of nitrogens with one attached hydrogen (secondary N) is 1. The molecule has 0 spiro atoms. The molecule has 0 unspecified atom stereocenters. The molecule has 0 radical (unpaired) electrons. The molecule has 0 fully saturated rings. The summed E-state index contributed by atoms with van der Waals surface area (Å²) in [6, 6.07) is 5.63. The molecule has 0 bridgehead atoms. The average Bonchev–Trinajstić information content (AvgIpc) is 2.64. The highest BCUT2D eigenvalue weighted by atomic mass is 16.8. The second kappa shape index (κ2) is 11.9. The quantitative estimate of drug-likeness (QED) is 0.290. The van der Waals surface area contributed by atoms with E-state index in [0.29, 0.717) is 5.56 Å². The van der Waals surface area contributed by atoms with Crippen molar-refractivity contribution in [1.29, 1.82) is 0 Å². The number of rotatable bonds is 11. The number of hydrogen-bond acceptors (Lipinski definition) is 8. The van der Waals surface area contributed by atoms with Gasteiger partial charge in [-0.25, -0.2) is 9.59 Å². The van der Waals surface area contributed by atoms with E-state index >= 15 is 0 Å². The molecule has 1 amide bonds.